The molecular weight excluding hydrogens is 1400 g/mol. The smallest absolute Gasteiger partial charge is 0.245 e. The van der Waals surface area contributed by atoms with Gasteiger partial charge >= 0.3 is 0 Å². The molecule has 3 aliphatic heterocycles. The van der Waals surface area contributed by atoms with E-state index in [0.29, 0.717) is 37.6 Å². The van der Waals surface area contributed by atoms with Crippen molar-refractivity contribution < 1.29 is 104 Å². The molecule has 3 aliphatic rings. The summed E-state index contributed by atoms with van der Waals surface area (Å²) in [4.78, 5) is 106. The Hall–Kier alpha value is -5.88. The van der Waals surface area contributed by atoms with E-state index < -0.39 is 189 Å². The van der Waals surface area contributed by atoms with E-state index in [4.69, 9.17) is 19.9 Å². The number of aliphatic hydroxyl groups is 10. The number of nitrogens with one attached hydrogen (secondary N) is 9. The summed E-state index contributed by atoms with van der Waals surface area (Å²) >= 11 is 1.88. The second kappa shape index (κ2) is 36.1. The number of nitrogens with two attached hydrogens (primary N) is 1. The molecule has 1 aromatic heterocycles. The zero-order chi connectivity index (χ0) is 69.3. The average Bonchev–Trinajstić information content (AvgIpc) is 1.24. The van der Waals surface area contributed by atoms with Crippen LogP contribution in [0.15, 0.2) is 79.0 Å². The van der Waals surface area contributed by atoms with Gasteiger partial charge in [-0.05, 0) is 104 Å². The molecule has 7 amide bonds. The maximum absolute atomic E-state index is 15.3. The predicted molar refractivity (Wildman–Crippen MR) is 352 cm³/mol. The number of unbranched alkanes of at least 4 members (excludes halogenated alkanes) is 1. The van der Waals surface area contributed by atoms with Crippen molar-refractivity contribution in [2.24, 2.45) is 5.73 Å². The lowest BCUT2D eigenvalue weighted by atomic mass is 9.95. The number of hydrogen-bond acceptors (Lipinski definition) is 25. The molecular formula is C61H85IN10O21S2. The molecule has 4 heterocycles. The van der Waals surface area contributed by atoms with Crippen LogP contribution in [0.3, 0.4) is 0 Å². The highest BCUT2D eigenvalue weighted by Gasteiger charge is 2.53. The summed E-state index contributed by atoms with van der Waals surface area (Å²) in [6.45, 7) is -0.430. The number of amides is 7. The van der Waals surface area contributed by atoms with Crippen LogP contribution in [0.25, 0.3) is 10.9 Å². The van der Waals surface area contributed by atoms with Crippen LogP contribution < -0.4 is 48.3 Å². The molecule has 0 bridgehead atoms. The Morgan fingerprint density at radius 2 is 1.45 bits per heavy atom. The summed E-state index contributed by atoms with van der Waals surface area (Å²) in [7, 11) is 1.77. The highest BCUT2D eigenvalue weighted by Crippen LogP contribution is 2.31. The molecule has 3 fully saturated rings. The van der Waals surface area contributed by atoms with E-state index in [1.54, 1.807) is 66.9 Å². The van der Waals surface area contributed by atoms with Gasteiger partial charge < -0.3 is 124 Å². The fourth-order valence-corrected chi connectivity index (χ4v) is 13.6. The van der Waals surface area contributed by atoms with Gasteiger partial charge in [0.2, 0.25) is 47.1 Å². The summed E-state index contributed by atoms with van der Waals surface area (Å²) in [6.07, 6.45) is -16.2. The van der Waals surface area contributed by atoms with Crippen LogP contribution in [0.5, 0.6) is 5.75 Å². The molecule has 22 N–H and O–H groups in total. The number of aliphatic hydroxyl groups excluding tert-OH is 9. The van der Waals surface area contributed by atoms with Crippen LogP contribution in [0, 0.1) is 3.57 Å². The van der Waals surface area contributed by atoms with Crippen molar-refractivity contribution in [1.29, 1.82) is 0 Å². The number of aromatic hydroxyl groups is 1. The van der Waals surface area contributed by atoms with Gasteiger partial charge in [-0.3, -0.25) is 33.6 Å². The molecule has 31 nitrogen and oxygen atoms in total. The number of fused-ring (bicyclic) bond motifs is 1. The lowest BCUT2D eigenvalue weighted by molar-refractivity contribution is -0.367. The number of rotatable bonds is 23. The van der Waals surface area contributed by atoms with E-state index in [1.807, 2.05) is 22.6 Å². The van der Waals surface area contributed by atoms with Crippen LogP contribution in [0.4, 0.5) is 0 Å². The Morgan fingerprint density at radius 3 is 2.13 bits per heavy atom. The number of aromatic nitrogens is 1. The minimum absolute atomic E-state index is 0.0604. The molecule has 524 valence electrons. The average molecular weight is 1480 g/mol. The SMILES string of the molecule is C[C@@H](O)[C@H](CO)NC(=O)[C@@H]1CSSC[C@H](NC(=O)[C@H](Cc2ccccc2)NC[C@]2(O)OC[C@H](O)[C@@H](O[C@@H]3O[C@@H](CO)[C@@H](O)[C@H](O)[C@@H]3O)[C@@H]2O)C(=O)N[C@@H](Cc2ccc(O)c([123I])c2)C(=O)N[C@H](Cc2c[nH]c3ccccc23)C(=O)N[C@@H](CCCCN)C(=O)N[C@@H]([C@@H](C)O)C(=O)N1. The minimum Gasteiger partial charge on any atom is -0.507 e. The number of H-pyrrole nitrogens is 1. The van der Waals surface area contributed by atoms with Crippen LogP contribution in [0.1, 0.15) is 49.8 Å². The van der Waals surface area contributed by atoms with Crippen molar-refractivity contribution in [3.63, 3.8) is 0 Å². The molecule has 0 saturated carbocycles. The number of benzene rings is 3. The molecule has 0 unspecified atom stereocenters. The van der Waals surface area contributed by atoms with Gasteiger partial charge in [-0.25, -0.2) is 0 Å². The molecule has 3 saturated heterocycles. The third kappa shape index (κ3) is 20.8. The first-order valence-electron chi connectivity index (χ1n) is 30.8. The highest BCUT2D eigenvalue weighted by molar-refractivity contribution is 14.1. The molecule has 0 radical (unpaired) electrons. The number of halogens is 1. The van der Waals surface area contributed by atoms with Gasteiger partial charge in [-0.2, -0.15) is 0 Å². The molecule has 7 rings (SSSR count). The van der Waals surface area contributed by atoms with E-state index in [1.165, 1.54) is 26.0 Å². The number of ether oxygens (including phenoxy) is 3. The highest BCUT2D eigenvalue weighted by atomic mass is 123. The van der Waals surface area contributed by atoms with Crippen molar-refractivity contribution in [3.05, 3.63) is 99.3 Å². The zero-order valence-corrected chi connectivity index (χ0v) is 55.7. The third-order valence-corrected chi connectivity index (χ3v) is 19.7. The minimum atomic E-state index is -2.72. The third-order valence-electron chi connectivity index (χ3n) is 16.4. The molecule has 0 aliphatic carbocycles. The fraction of sp³-hybridized carbons (Fsp3) is 0.557. The molecule has 3 aromatic carbocycles. The first kappa shape index (κ1) is 76.5. The molecule has 34 heteroatoms. The normalized spacial score (nSPS) is 29.9. The van der Waals surface area contributed by atoms with E-state index in [2.05, 4.69) is 47.5 Å². The molecule has 0 spiro atoms. The van der Waals surface area contributed by atoms with Crippen LogP contribution in [-0.2, 0) is 67.0 Å². The van der Waals surface area contributed by atoms with Crippen molar-refractivity contribution in [3.8, 4) is 5.75 Å². The summed E-state index contributed by atoms with van der Waals surface area (Å²) < 4.78 is 17.0. The number of aromatic amines is 1. The van der Waals surface area contributed by atoms with Gasteiger partial charge in [0.15, 0.2) is 6.29 Å². The van der Waals surface area contributed by atoms with Crippen molar-refractivity contribution in [2.75, 3.05) is 44.4 Å². The summed E-state index contributed by atoms with van der Waals surface area (Å²) in [5.74, 6) is -10.3. The molecule has 4 aromatic rings. The van der Waals surface area contributed by atoms with Gasteiger partial charge in [-0.1, -0.05) is 76.2 Å². The summed E-state index contributed by atoms with van der Waals surface area (Å²) in [5, 5.41) is 140. The van der Waals surface area contributed by atoms with Gasteiger partial charge in [-0.15, -0.1) is 0 Å². The summed E-state index contributed by atoms with van der Waals surface area (Å²) in [6, 6.07) is 7.66. The monoisotopic (exact) mass is 1480 g/mol. The molecule has 95 heavy (non-hydrogen) atoms. The van der Waals surface area contributed by atoms with Crippen LogP contribution in [-0.4, -0.2) is 262 Å². The van der Waals surface area contributed by atoms with Gasteiger partial charge in [0.1, 0.15) is 84.7 Å². The number of carbonyl (C=O) groups is 7. The molecule has 19 atom stereocenters. The van der Waals surface area contributed by atoms with Crippen molar-refractivity contribution in [2.45, 2.75) is 168 Å². The maximum Gasteiger partial charge on any atom is 0.245 e. The zero-order valence-electron chi connectivity index (χ0n) is 51.9. The van der Waals surface area contributed by atoms with Crippen LogP contribution in [0.2, 0.25) is 0 Å². The lowest BCUT2D eigenvalue weighted by Gasteiger charge is -2.47. The number of phenols is 1. The van der Waals surface area contributed by atoms with Gasteiger partial charge in [0, 0.05) is 41.4 Å². The number of carbonyl (C=O) groups excluding carboxylic acids is 7. The first-order valence-corrected chi connectivity index (χ1v) is 34.3. The van der Waals surface area contributed by atoms with E-state index in [0.717, 1.165) is 21.6 Å². The van der Waals surface area contributed by atoms with Crippen molar-refractivity contribution in [1.82, 2.24) is 47.5 Å². The Bertz CT molecular complexity index is 3220. The topological polar surface area (TPSA) is 508 Å². The van der Waals surface area contributed by atoms with Gasteiger partial charge in [0.05, 0.1) is 54.2 Å². The fourth-order valence-electron chi connectivity index (χ4n) is 10.7. The predicted octanol–water partition coefficient (Wildman–Crippen LogP) is -5.24. The van der Waals surface area contributed by atoms with E-state index >= 15 is 14.4 Å². The number of phenolic OH excluding ortho intramolecular Hbond substituents is 1. The van der Waals surface area contributed by atoms with E-state index in [-0.39, 0.29) is 50.2 Å². The number of hydrogen-bond donors (Lipinski definition) is 21. The van der Waals surface area contributed by atoms with Gasteiger partial charge in [0.25, 0.3) is 0 Å². The standard InChI is InChI=1S/C61H85IN10O21S2/c1-29(75)41(23-73)69-58(88)43-27-95-94-26-42(70-54(84)38(19-31-10-4-3-5-11-31)65-28-61(90)52(82)51(45(78)25-91-61)93-60-50(81)49(80)48(79)46(24-74)92-60)57(87)67-39(20-32-15-16-44(77)35(62)18-32)55(85)68-40(21-33-22-64-36-13-7-6-12-34(33)36)56(86)66-37(14-8-9-17-63)53(83)72-47(30(2)76)59(89)71-43/h3-7,10-13,15-16,18,22,29-30,37-43,45-52,60,64-65,73-82,90H,8-9,14,17,19-21,23-28,63H2,1-2H3,(H,66,86)(H,67,87)(H,68,85)(H,69,88)(H,70,84)(H,71,89)(H,72,83)/t29-,30-,37+,38+,39+,40-,41+,42+,43+,45+,46+,47+,48-,49+,50+,51-,52+,60+,61+/m1/s1/i62-4. The van der Waals surface area contributed by atoms with E-state index in [9.17, 15) is 75.3 Å². The quantitative estimate of drug-likeness (QED) is 0.0187. The Labute approximate surface area is 567 Å². The van der Waals surface area contributed by atoms with Crippen molar-refractivity contribution >= 4 is 96.4 Å². The summed E-state index contributed by atoms with van der Waals surface area (Å²) in [5.41, 5.74) is 7.99. The number of para-hydroxylation sites is 1. The second-order valence-electron chi connectivity index (χ2n) is 23.6. The Morgan fingerprint density at radius 1 is 0.789 bits per heavy atom. The Kier molecular flexibility index (Phi) is 29.1. The lowest BCUT2D eigenvalue weighted by Crippen LogP contribution is -2.68. The second-order valence-corrected chi connectivity index (χ2v) is 27.3. The largest absolute Gasteiger partial charge is 0.507 e. The maximum atomic E-state index is 15.3. The first-order chi connectivity index (χ1) is 45.2. The Balaban J connectivity index is 1.27. The van der Waals surface area contributed by atoms with Crippen LogP contribution >= 0.6 is 44.2 Å².